The van der Waals surface area contributed by atoms with Crippen molar-refractivity contribution < 1.29 is 5.11 Å². The van der Waals surface area contributed by atoms with E-state index in [9.17, 15) is 5.11 Å². The van der Waals surface area contributed by atoms with Gasteiger partial charge in [0.15, 0.2) is 0 Å². The fourth-order valence-corrected chi connectivity index (χ4v) is 4.72. The Hall–Kier alpha value is -0.970. The highest BCUT2D eigenvalue weighted by atomic mass is 16.2. The molecule has 4 saturated carbocycles. The normalized spacial score (nSPS) is 47.9. The largest absolute Gasteiger partial charge is 0.515 e. The van der Waals surface area contributed by atoms with Gasteiger partial charge in [0.05, 0.1) is 17.9 Å². The lowest BCUT2D eigenvalue weighted by Crippen LogP contribution is -2.46. The summed E-state index contributed by atoms with van der Waals surface area (Å²) in [7, 11) is 0. The lowest BCUT2D eigenvalue weighted by atomic mass is 9.48. The molecule has 0 heterocycles. The van der Waals surface area contributed by atoms with Crippen LogP contribution in [0.3, 0.4) is 0 Å². The maximum atomic E-state index is 9.20. The number of rotatable bonds is 1. The van der Waals surface area contributed by atoms with E-state index in [1.165, 1.54) is 19.3 Å². The van der Waals surface area contributed by atoms with Gasteiger partial charge in [-0.05, 0) is 56.3 Å². The Morgan fingerprint density at radius 2 is 1.60 bits per heavy atom. The van der Waals surface area contributed by atoms with E-state index in [4.69, 9.17) is 5.26 Å². The highest BCUT2D eigenvalue weighted by Crippen LogP contribution is 2.62. The van der Waals surface area contributed by atoms with Crippen molar-refractivity contribution in [3.05, 3.63) is 11.8 Å². The molecule has 80 valence electrons. The Kier molecular flexibility index (Phi) is 1.86. The van der Waals surface area contributed by atoms with Crippen molar-refractivity contribution in [1.29, 1.82) is 5.26 Å². The van der Waals surface area contributed by atoms with Gasteiger partial charge in [-0.25, -0.2) is 0 Å². The molecule has 2 heteroatoms. The average molecular weight is 203 g/mol. The Morgan fingerprint density at radius 3 is 1.93 bits per heavy atom. The molecule has 0 saturated heterocycles. The Morgan fingerprint density at radius 1 is 1.13 bits per heavy atom. The molecule has 0 unspecified atom stereocenters. The van der Waals surface area contributed by atoms with Crippen LogP contribution in [-0.2, 0) is 0 Å². The Bertz CT molecular complexity index is 315. The van der Waals surface area contributed by atoms with Gasteiger partial charge >= 0.3 is 0 Å². The average Bonchev–Trinajstić information content (AvgIpc) is 2.16. The molecule has 0 amide bonds. The van der Waals surface area contributed by atoms with Gasteiger partial charge < -0.3 is 5.11 Å². The summed E-state index contributed by atoms with van der Waals surface area (Å²) in [4.78, 5) is 0. The second kappa shape index (κ2) is 3.01. The molecule has 0 spiro atoms. The van der Waals surface area contributed by atoms with Crippen molar-refractivity contribution in [2.75, 3.05) is 0 Å². The van der Waals surface area contributed by atoms with Gasteiger partial charge in [0, 0.05) is 5.41 Å². The Labute approximate surface area is 90.6 Å². The standard InChI is InChI=1S/C13H17NO/c14-7-12(8-15)13-4-9-1-10(5-13)3-11(2-9)6-13/h8-11,15H,1-6H2/b12-8+. The summed E-state index contributed by atoms with van der Waals surface area (Å²) in [6.07, 6.45) is 8.67. The van der Waals surface area contributed by atoms with Crippen LogP contribution in [0.1, 0.15) is 38.5 Å². The molecule has 1 N–H and O–H groups in total. The van der Waals surface area contributed by atoms with Crippen molar-refractivity contribution in [3.8, 4) is 6.07 Å². The predicted molar refractivity (Wildman–Crippen MR) is 56.9 cm³/mol. The third kappa shape index (κ3) is 1.22. The minimum absolute atomic E-state index is 0.0677. The maximum Gasteiger partial charge on any atom is 0.0985 e. The minimum Gasteiger partial charge on any atom is -0.515 e. The van der Waals surface area contributed by atoms with Crippen LogP contribution in [0.5, 0.6) is 0 Å². The van der Waals surface area contributed by atoms with Gasteiger partial charge in [-0.2, -0.15) is 5.26 Å². The number of nitriles is 1. The summed E-state index contributed by atoms with van der Waals surface area (Å²) in [5.74, 6) is 2.50. The second-order valence-corrected chi connectivity index (χ2v) is 5.85. The molecular formula is C13H17NO. The zero-order valence-corrected chi connectivity index (χ0v) is 8.95. The summed E-state index contributed by atoms with van der Waals surface area (Å²) < 4.78 is 0. The van der Waals surface area contributed by atoms with Crippen LogP contribution in [0.2, 0.25) is 0 Å². The third-order valence-electron chi connectivity index (χ3n) is 4.86. The summed E-state index contributed by atoms with van der Waals surface area (Å²) in [5, 5.41) is 18.3. The van der Waals surface area contributed by atoms with Crippen LogP contribution in [0.25, 0.3) is 0 Å². The molecule has 0 radical (unpaired) electrons. The first-order valence-electron chi connectivity index (χ1n) is 6.01. The van der Waals surface area contributed by atoms with Crippen molar-refractivity contribution >= 4 is 0 Å². The number of allylic oxidation sites excluding steroid dienone is 1. The summed E-state index contributed by atoms with van der Waals surface area (Å²) in [5.41, 5.74) is 0.722. The molecule has 0 aliphatic heterocycles. The van der Waals surface area contributed by atoms with E-state index in [1.54, 1.807) is 0 Å². The van der Waals surface area contributed by atoms with E-state index in [-0.39, 0.29) is 5.41 Å². The number of aliphatic hydroxyl groups excluding tert-OH is 1. The molecule has 0 aromatic rings. The van der Waals surface area contributed by atoms with E-state index >= 15 is 0 Å². The van der Waals surface area contributed by atoms with Crippen LogP contribution in [0.15, 0.2) is 11.8 Å². The van der Waals surface area contributed by atoms with E-state index in [1.807, 2.05) is 0 Å². The lowest BCUT2D eigenvalue weighted by molar-refractivity contribution is -0.0290. The van der Waals surface area contributed by atoms with E-state index in [0.717, 1.165) is 43.3 Å². The third-order valence-corrected chi connectivity index (χ3v) is 4.86. The number of aliphatic hydroxyl groups is 1. The van der Waals surface area contributed by atoms with Crippen molar-refractivity contribution in [2.24, 2.45) is 23.2 Å². The summed E-state index contributed by atoms with van der Waals surface area (Å²) in [6.45, 7) is 0. The van der Waals surface area contributed by atoms with Gasteiger partial charge in [0.25, 0.3) is 0 Å². The zero-order chi connectivity index (χ0) is 10.5. The molecule has 0 atom stereocenters. The van der Waals surface area contributed by atoms with Crippen LogP contribution < -0.4 is 0 Å². The first-order valence-corrected chi connectivity index (χ1v) is 6.01. The summed E-state index contributed by atoms with van der Waals surface area (Å²) in [6, 6.07) is 2.22. The predicted octanol–water partition coefficient (Wildman–Crippen LogP) is 3.17. The molecule has 4 bridgehead atoms. The van der Waals surface area contributed by atoms with Gasteiger partial charge in [-0.15, -0.1) is 0 Å². The number of nitrogens with zero attached hydrogens (tertiary/aromatic N) is 1. The zero-order valence-electron chi connectivity index (χ0n) is 8.95. The molecule has 4 aliphatic rings. The molecule has 15 heavy (non-hydrogen) atoms. The quantitative estimate of drug-likeness (QED) is 0.525. The molecular weight excluding hydrogens is 186 g/mol. The second-order valence-electron chi connectivity index (χ2n) is 5.85. The van der Waals surface area contributed by atoms with E-state index in [0.29, 0.717) is 5.57 Å². The number of hydrogen-bond donors (Lipinski definition) is 1. The lowest BCUT2D eigenvalue weighted by Gasteiger charge is -2.56. The molecule has 2 nitrogen and oxygen atoms in total. The first kappa shape index (κ1) is 9.27. The maximum absolute atomic E-state index is 9.20. The molecule has 0 aromatic carbocycles. The van der Waals surface area contributed by atoms with E-state index in [2.05, 4.69) is 6.07 Å². The smallest absolute Gasteiger partial charge is 0.0985 e. The minimum atomic E-state index is 0.0677. The SMILES string of the molecule is N#C/C(=C\O)C12CC3CC(CC(C3)C1)C2. The van der Waals surface area contributed by atoms with Gasteiger partial charge in [0.1, 0.15) is 0 Å². The summed E-state index contributed by atoms with van der Waals surface area (Å²) >= 11 is 0. The van der Waals surface area contributed by atoms with Crippen molar-refractivity contribution in [3.63, 3.8) is 0 Å². The monoisotopic (exact) mass is 203 g/mol. The highest BCUT2D eigenvalue weighted by Gasteiger charge is 2.52. The fraction of sp³-hybridized carbons (Fsp3) is 0.769. The van der Waals surface area contributed by atoms with Crippen LogP contribution in [0, 0.1) is 34.5 Å². The highest BCUT2D eigenvalue weighted by molar-refractivity contribution is 5.30. The fourth-order valence-electron chi connectivity index (χ4n) is 4.72. The van der Waals surface area contributed by atoms with Crippen LogP contribution in [0.4, 0.5) is 0 Å². The molecule has 4 aliphatic carbocycles. The molecule has 4 fully saturated rings. The topological polar surface area (TPSA) is 44.0 Å². The molecule has 4 rings (SSSR count). The van der Waals surface area contributed by atoms with Crippen molar-refractivity contribution in [1.82, 2.24) is 0 Å². The number of hydrogen-bond acceptors (Lipinski definition) is 2. The van der Waals surface area contributed by atoms with Gasteiger partial charge in [0.2, 0.25) is 0 Å². The van der Waals surface area contributed by atoms with Gasteiger partial charge in [-0.1, -0.05) is 0 Å². The van der Waals surface area contributed by atoms with Crippen LogP contribution >= 0.6 is 0 Å². The first-order chi connectivity index (χ1) is 7.25. The Balaban J connectivity index is 1.97. The van der Waals surface area contributed by atoms with Crippen LogP contribution in [-0.4, -0.2) is 5.11 Å². The van der Waals surface area contributed by atoms with Gasteiger partial charge in [-0.3, -0.25) is 0 Å². The van der Waals surface area contributed by atoms with E-state index < -0.39 is 0 Å². The van der Waals surface area contributed by atoms with Crippen molar-refractivity contribution in [2.45, 2.75) is 38.5 Å². The molecule has 0 aromatic heterocycles.